The van der Waals surface area contributed by atoms with Gasteiger partial charge in [0, 0.05) is 11.8 Å². The van der Waals surface area contributed by atoms with E-state index in [9.17, 15) is 0 Å². The average molecular weight is 144 g/mol. The highest BCUT2D eigenvalue weighted by Crippen LogP contribution is 2.27. The first kappa shape index (κ1) is 6.47. The summed E-state index contributed by atoms with van der Waals surface area (Å²) in [7, 11) is 0. The summed E-state index contributed by atoms with van der Waals surface area (Å²) < 4.78 is 0. The van der Waals surface area contributed by atoms with Gasteiger partial charge in [-0.15, -0.1) is 0 Å². The second kappa shape index (κ2) is 2.42. The number of para-hydroxylation sites is 1. The van der Waals surface area contributed by atoms with Crippen LogP contribution in [0.5, 0.6) is 0 Å². The average Bonchev–Trinajstić information content (AvgIpc) is 2.50. The fourth-order valence-electron chi connectivity index (χ4n) is 1.38. The molecule has 0 aliphatic carbocycles. The Morgan fingerprint density at radius 2 is 2.27 bits per heavy atom. The maximum Gasteiger partial charge on any atom is 0.0734 e. The molecule has 2 rings (SSSR count). The maximum absolute atomic E-state index is 4.29. The highest BCUT2D eigenvalue weighted by atomic mass is 14.9. The molecule has 0 saturated heterocycles. The summed E-state index contributed by atoms with van der Waals surface area (Å²) >= 11 is 0. The van der Waals surface area contributed by atoms with Crippen molar-refractivity contribution in [3.8, 4) is 0 Å². The van der Waals surface area contributed by atoms with Crippen molar-refractivity contribution in [2.24, 2.45) is 0 Å². The predicted molar refractivity (Wildman–Crippen MR) is 46.6 cm³/mol. The van der Waals surface area contributed by atoms with Gasteiger partial charge in [-0.05, 0) is 18.1 Å². The Labute approximate surface area is 66.7 Å². The quantitative estimate of drug-likeness (QED) is 0.575. The first-order valence-electron chi connectivity index (χ1n) is 3.91. The van der Waals surface area contributed by atoms with Crippen molar-refractivity contribution in [1.82, 2.24) is 5.32 Å². The zero-order valence-corrected chi connectivity index (χ0v) is 6.54. The Balaban J connectivity index is 2.55. The molecule has 0 amide bonds. The van der Waals surface area contributed by atoms with Gasteiger partial charge in [0.05, 0.1) is 5.69 Å². The summed E-state index contributed by atoms with van der Waals surface area (Å²) in [5, 5.41) is 4.29. The first-order valence-corrected chi connectivity index (χ1v) is 3.91. The molecule has 1 heteroatoms. The second-order valence-electron chi connectivity index (χ2n) is 2.65. The summed E-state index contributed by atoms with van der Waals surface area (Å²) in [6, 6.07) is 6.32. The Morgan fingerprint density at radius 1 is 1.36 bits per heavy atom. The molecule has 0 bridgehead atoms. The van der Waals surface area contributed by atoms with Crippen molar-refractivity contribution in [2.75, 3.05) is 0 Å². The van der Waals surface area contributed by atoms with Gasteiger partial charge in [-0.1, -0.05) is 25.1 Å². The minimum Gasteiger partial charge on any atom is -0.256 e. The lowest BCUT2D eigenvalue weighted by Gasteiger charge is -2.03. The third kappa shape index (κ3) is 0.929. The van der Waals surface area contributed by atoms with Gasteiger partial charge in [-0.2, -0.15) is 0 Å². The standard InChI is InChI=1S/C10H10N/c1-2-8-4-3-5-9-6-7-11-10(8)9/h3-7H,2H2,1H3. The van der Waals surface area contributed by atoms with E-state index in [0.29, 0.717) is 0 Å². The molecule has 0 N–H and O–H groups in total. The predicted octanol–water partition coefficient (Wildman–Crippen LogP) is 2.47. The molecule has 1 heterocycles. The second-order valence-corrected chi connectivity index (χ2v) is 2.65. The molecule has 0 unspecified atom stereocenters. The van der Waals surface area contributed by atoms with Crippen molar-refractivity contribution in [1.29, 1.82) is 0 Å². The molecule has 1 nitrogen and oxygen atoms in total. The van der Waals surface area contributed by atoms with E-state index >= 15 is 0 Å². The Kier molecular flexibility index (Phi) is 1.42. The molecular weight excluding hydrogens is 134 g/mol. The monoisotopic (exact) mass is 144 g/mol. The lowest BCUT2D eigenvalue weighted by Crippen LogP contribution is -1.89. The molecular formula is C10H10N. The summed E-state index contributed by atoms with van der Waals surface area (Å²) in [6.45, 7) is 2.16. The summed E-state index contributed by atoms with van der Waals surface area (Å²) in [5.74, 6) is 0. The van der Waals surface area contributed by atoms with Crippen molar-refractivity contribution in [2.45, 2.75) is 13.3 Å². The van der Waals surface area contributed by atoms with E-state index in [0.717, 1.165) is 12.1 Å². The van der Waals surface area contributed by atoms with E-state index in [4.69, 9.17) is 0 Å². The van der Waals surface area contributed by atoms with E-state index < -0.39 is 0 Å². The molecule has 1 aromatic carbocycles. The topological polar surface area (TPSA) is 14.1 Å². The molecule has 1 radical (unpaired) electrons. The number of hydrogen-bond acceptors (Lipinski definition) is 0. The molecule has 0 fully saturated rings. The van der Waals surface area contributed by atoms with Crippen LogP contribution in [0.25, 0.3) is 6.08 Å². The largest absolute Gasteiger partial charge is 0.256 e. The van der Waals surface area contributed by atoms with Crippen LogP contribution < -0.4 is 5.32 Å². The van der Waals surface area contributed by atoms with Gasteiger partial charge in [0.1, 0.15) is 0 Å². The molecule has 0 spiro atoms. The highest BCUT2D eigenvalue weighted by molar-refractivity contribution is 5.71. The number of nitrogens with zero attached hydrogens (tertiary/aromatic N) is 1. The van der Waals surface area contributed by atoms with Crippen molar-refractivity contribution < 1.29 is 0 Å². The van der Waals surface area contributed by atoms with Gasteiger partial charge in [-0.3, -0.25) is 5.32 Å². The van der Waals surface area contributed by atoms with Crippen LogP contribution in [-0.4, -0.2) is 0 Å². The molecule has 0 saturated carbocycles. The van der Waals surface area contributed by atoms with E-state index in [1.807, 2.05) is 6.20 Å². The van der Waals surface area contributed by atoms with Crippen molar-refractivity contribution in [3.05, 3.63) is 35.5 Å². The van der Waals surface area contributed by atoms with Gasteiger partial charge in [0.15, 0.2) is 0 Å². The lowest BCUT2D eigenvalue weighted by molar-refractivity contribution is 1.09. The van der Waals surface area contributed by atoms with Crippen LogP contribution in [-0.2, 0) is 6.42 Å². The SMILES string of the molecule is CCc1cccc2c1[N]C=C2. The Bertz CT molecular complexity index is 300. The Hall–Kier alpha value is -1.24. The zero-order valence-electron chi connectivity index (χ0n) is 6.54. The molecule has 0 aromatic heterocycles. The van der Waals surface area contributed by atoms with Gasteiger partial charge < -0.3 is 0 Å². The van der Waals surface area contributed by atoms with Crippen LogP contribution in [0.3, 0.4) is 0 Å². The first-order chi connectivity index (χ1) is 5.42. The van der Waals surface area contributed by atoms with Gasteiger partial charge >= 0.3 is 0 Å². The zero-order chi connectivity index (χ0) is 7.68. The number of fused-ring (bicyclic) bond motifs is 1. The summed E-state index contributed by atoms with van der Waals surface area (Å²) in [4.78, 5) is 0. The minimum atomic E-state index is 1.06. The molecule has 1 aromatic rings. The van der Waals surface area contributed by atoms with E-state index in [1.165, 1.54) is 11.1 Å². The molecule has 1 aliphatic heterocycles. The maximum atomic E-state index is 4.29. The van der Waals surface area contributed by atoms with Crippen LogP contribution in [0.4, 0.5) is 5.69 Å². The molecule has 11 heavy (non-hydrogen) atoms. The van der Waals surface area contributed by atoms with Crippen molar-refractivity contribution in [3.63, 3.8) is 0 Å². The third-order valence-corrected chi connectivity index (χ3v) is 1.99. The fraction of sp³-hybridized carbons (Fsp3) is 0.200. The van der Waals surface area contributed by atoms with E-state index in [-0.39, 0.29) is 0 Å². The summed E-state index contributed by atoms with van der Waals surface area (Å²) in [5.41, 5.74) is 3.76. The molecule has 0 atom stereocenters. The molecule has 55 valence electrons. The number of aryl methyl sites for hydroxylation is 1. The number of rotatable bonds is 1. The van der Waals surface area contributed by atoms with E-state index in [2.05, 4.69) is 36.5 Å². The van der Waals surface area contributed by atoms with Crippen LogP contribution in [0.15, 0.2) is 24.4 Å². The van der Waals surface area contributed by atoms with Gasteiger partial charge in [0.2, 0.25) is 0 Å². The van der Waals surface area contributed by atoms with Crippen LogP contribution in [0, 0.1) is 0 Å². The van der Waals surface area contributed by atoms with Crippen LogP contribution in [0.1, 0.15) is 18.1 Å². The minimum absolute atomic E-state index is 1.06. The van der Waals surface area contributed by atoms with Crippen LogP contribution in [0.2, 0.25) is 0 Å². The summed E-state index contributed by atoms with van der Waals surface area (Å²) in [6.07, 6.45) is 4.98. The molecule has 1 aliphatic rings. The van der Waals surface area contributed by atoms with Gasteiger partial charge in [0.25, 0.3) is 0 Å². The normalized spacial score (nSPS) is 12.8. The third-order valence-electron chi connectivity index (χ3n) is 1.99. The lowest BCUT2D eigenvalue weighted by atomic mass is 10.1. The number of benzene rings is 1. The number of hydrogen-bond donors (Lipinski definition) is 0. The van der Waals surface area contributed by atoms with Crippen LogP contribution >= 0.6 is 0 Å². The smallest absolute Gasteiger partial charge is 0.0734 e. The van der Waals surface area contributed by atoms with E-state index in [1.54, 1.807) is 0 Å². The van der Waals surface area contributed by atoms with Gasteiger partial charge in [-0.25, -0.2) is 0 Å². The highest BCUT2D eigenvalue weighted by Gasteiger charge is 2.08. The fourth-order valence-corrected chi connectivity index (χ4v) is 1.38. The van der Waals surface area contributed by atoms with Crippen molar-refractivity contribution >= 4 is 11.8 Å². The Morgan fingerprint density at radius 3 is 3.09 bits per heavy atom.